The van der Waals surface area contributed by atoms with E-state index in [9.17, 15) is 28.8 Å². The lowest BCUT2D eigenvalue weighted by Crippen LogP contribution is -2.10. The highest BCUT2D eigenvalue weighted by atomic mass is 27.0. The van der Waals surface area contributed by atoms with Crippen molar-refractivity contribution in [3.63, 3.8) is 0 Å². The van der Waals surface area contributed by atoms with Gasteiger partial charge in [-0.15, -0.1) is 0 Å². The molecule has 0 fully saturated rings. The maximum Gasteiger partial charge on any atom is 0.313 e. The Morgan fingerprint density at radius 3 is 0.811 bits per heavy atom. The lowest BCUT2D eigenvalue weighted by molar-refractivity contribution is -0.147. The molecule has 0 aliphatic heterocycles. The second-order valence-electron chi connectivity index (χ2n) is 7.87. The fourth-order valence-electron chi connectivity index (χ4n) is 2.51. The van der Waals surface area contributed by atoms with Crippen LogP contribution >= 0.6 is 0 Å². The minimum atomic E-state index is -0.404. The van der Waals surface area contributed by atoms with Crippen molar-refractivity contribution in [2.24, 2.45) is 0 Å². The molecule has 0 saturated heterocycles. The summed E-state index contributed by atoms with van der Waals surface area (Å²) in [5.74, 6) is -1.27. The fourth-order valence-corrected chi connectivity index (χ4v) is 2.51. The van der Waals surface area contributed by atoms with E-state index in [0.717, 1.165) is 38.5 Å². The number of ketones is 3. The highest BCUT2D eigenvalue weighted by Gasteiger charge is 2.10. The minimum Gasteiger partial charge on any atom is -0.466 e. The van der Waals surface area contributed by atoms with Gasteiger partial charge in [-0.2, -0.15) is 0 Å². The monoisotopic (exact) mass is 546 g/mol. The van der Waals surface area contributed by atoms with Crippen molar-refractivity contribution >= 4 is 52.6 Å². The summed E-state index contributed by atoms with van der Waals surface area (Å²) in [5.41, 5.74) is 0. The molecule has 216 valence electrons. The molecular weight excluding hydrogens is 495 g/mol. The molecule has 0 bridgehead atoms. The topological polar surface area (TPSA) is 130 Å². The number of carbonyl (C=O) groups excluding carboxylic acids is 6. The molecule has 0 saturated carbocycles. The van der Waals surface area contributed by atoms with E-state index in [4.69, 9.17) is 0 Å². The zero-order valence-electron chi connectivity index (χ0n) is 23.3. The molecule has 0 aromatic rings. The van der Waals surface area contributed by atoms with Crippen LogP contribution in [0.25, 0.3) is 0 Å². The molecule has 0 aromatic carbocycles. The summed E-state index contributed by atoms with van der Waals surface area (Å²) < 4.78 is 13.9. The summed E-state index contributed by atoms with van der Waals surface area (Å²) in [4.78, 5) is 65.3. The van der Waals surface area contributed by atoms with Crippen LogP contribution in [0.1, 0.15) is 119 Å². The average Bonchev–Trinajstić information content (AvgIpc) is 2.81. The summed E-state index contributed by atoms with van der Waals surface area (Å²) in [7, 11) is 0. The lowest BCUT2D eigenvalue weighted by atomic mass is 10.1. The first-order valence-corrected chi connectivity index (χ1v) is 13.1. The number of unbranched alkanes of at least 4 members (excludes halogenated alkanes) is 3. The first-order valence-electron chi connectivity index (χ1n) is 13.1. The normalized spacial score (nSPS) is 9.24. The van der Waals surface area contributed by atoms with E-state index < -0.39 is 17.9 Å². The first-order chi connectivity index (χ1) is 17.1. The van der Waals surface area contributed by atoms with Crippen molar-refractivity contribution in [3.05, 3.63) is 0 Å². The van der Waals surface area contributed by atoms with E-state index in [1.54, 1.807) is 20.8 Å². The van der Waals surface area contributed by atoms with Gasteiger partial charge in [0.05, 0.1) is 19.8 Å². The predicted octanol–water partition coefficient (Wildman–Crippen LogP) is 3.91. The number of Topliss-reactive ketones (excluding diaryl/α,β-unsaturated/α-hetero) is 3. The van der Waals surface area contributed by atoms with Crippen LogP contribution in [0, 0.1) is 0 Å². The van der Waals surface area contributed by atoms with Crippen molar-refractivity contribution in [2.75, 3.05) is 19.8 Å². The van der Waals surface area contributed by atoms with E-state index in [2.05, 4.69) is 14.2 Å². The lowest BCUT2D eigenvalue weighted by Gasteiger charge is -1.99. The molecule has 0 aromatic heterocycles. The Labute approximate surface area is 233 Å². The van der Waals surface area contributed by atoms with Gasteiger partial charge in [0.2, 0.25) is 0 Å². The molecule has 0 spiro atoms. The largest absolute Gasteiger partial charge is 0.466 e. The molecule has 10 heteroatoms. The van der Waals surface area contributed by atoms with Gasteiger partial charge in [0.25, 0.3) is 0 Å². The van der Waals surface area contributed by atoms with Crippen molar-refractivity contribution in [2.45, 2.75) is 119 Å². The van der Waals surface area contributed by atoms with Gasteiger partial charge in [0, 0.05) is 19.3 Å². The summed E-state index contributed by atoms with van der Waals surface area (Å²) in [5, 5.41) is 0. The molecule has 0 amide bonds. The van der Waals surface area contributed by atoms with E-state index in [-0.39, 0.29) is 54.0 Å². The Morgan fingerprint density at radius 1 is 0.432 bits per heavy atom. The first kappa shape index (κ1) is 42.1. The van der Waals surface area contributed by atoms with Gasteiger partial charge < -0.3 is 14.2 Å². The smallest absolute Gasteiger partial charge is 0.313 e. The average molecular weight is 547 g/mol. The van der Waals surface area contributed by atoms with Crippen molar-refractivity contribution in [1.82, 2.24) is 0 Å². The molecule has 37 heavy (non-hydrogen) atoms. The molecule has 0 unspecified atom stereocenters. The van der Waals surface area contributed by atoms with Crippen molar-refractivity contribution in [1.29, 1.82) is 0 Å². The van der Waals surface area contributed by atoms with Crippen LogP contribution in [0.15, 0.2) is 0 Å². The standard InChI is InChI=1S/3C9H16O3.Al.3H/c3*1-3-5-6-8(10)7-9(11)12-4-2;;;;/h3*3-7H2,1-2H3;;;;. The highest BCUT2D eigenvalue weighted by Crippen LogP contribution is 2.01. The van der Waals surface area contributed by atoms with Gasteiger partial charge in [-0.25, -0.2) is 0 Å². The molecule has 0 heterocycles. The van der Waals surface area contributed by atoms with Gasteiger partial charge in [-0.1, -0.05) is 40.0 Å². The van der Waals surface area contributed by atoms with Crippen molar-refractivity contribution in [3.8, 4) is 0 Å². The zero-order valence-corrected chi connectivity index (χ0v) is 23.3. The number of carbonyl (C=O) groups is 6. The fraction of sp³-hybridized carbons (Fsp3) is 0.778. The Balaban J connectivity index is -0.000000218. The number of hydrogen-bond acceptors (Lipinski definition) is 9. The van der Waals surface area contributed by atoms with Crippen LogP contribution < -0.4 is 0 Å². The maximum absolute atomic E-state index is 11.0. The van der Waals surface area contributed by atoms with Gasteiger partial charge >= 0.3 is 17.9 Å². The van der Waals surface area contributed by atoms with Crippen LogP contribution in [0.2, 0.25) is 0 Å². The number of rotatable bonds is 18. The summed E-state index contributed by atoms with van der Waals surface area (Å²) in [6.45, 7) is 12.3. The Kier molecular flexibility index (Phi) is 36.4. The predicted molar refractivity (Wildman–Crippen MR) is 147 cm³/mol. The van der Waals surface area contributed by atoms with Gasteiger partial charge in [0.1, 0.15) is 36.6 Å². The summed E-state index contributed by atoms with van der Waals surface area (Å²) in [6.07, 6.45) is 6.82. The molecule has 0 N–H and O–H groups in total. The number of esters is 3. The van der Waals surface area contributed by atoms with Gasteiger partial charge in [0.15, 0.2) is 17.4 Å². The van der Waals surface area contributed by atoms with Gasteiger partial charge in [-0.3, -0.25) is 28.8 Å². The maximum atomic E-state index is 11.0. The SMILES string of the molecule is CCCCC(=O)CC(=O)OCC.CCCCC(=O)CC(=O)OCC.CCCCC(=O)CC(=O)OCC.[AlH3]. The highest BCUT2D eigenvalue weighted by molar-refractivity contribution is 5.96. The Hall–Kier alpha value is -2.05. The molecule has 9 nitrogen and oxygen atoms in total. The summed E-state index contributed by atoms with van der Waals surface area (Å²) >= 11 is 0. The van der Waals surface area contributed by atoms with E-state index in [0.29, 0.717) is 39.1 Å². The molecular formula is C27H51AlO9. The molecule has 0 atom stereocenters. The molecule has 0 aliphatic rings. The Bertz CT molecular complexity index is 548. The summed E-state index contributed by atoms with van der Waals surface area (Å²) in [6, 6.07) is 0. The van der Waals surface area contributed by atoms with Crippen LogP contribution in [0.3, 0.4) is 0 Å². The quantitative estimate of drug-likeness (QED) is 0.109. The second kappa shape index (κ2) is 32.0. The molecule has 0 rings (SSSR count). The Morgan fingerprint density at radius 2 is 0.649 bits per heavy atom. The van der Waals surface area contributed by atoms with Crippen LogP contribution in [0.4, 0.5) is 0 Å². The van der Waals surface area contributed by atoms with E-state index in [1.807, 2.05) is 20.8 Å². The van der Waals surface area contributed by atoms with E-state index >= 15 is 0 Å². The van der Waals surface area contributed by atoms with E-state index in [1.165, 1.54) is 0 Å². The third-order valence-electron chi connectivity index (χ3n) is 4.37. The third kappa shape index (κ3) is 36.2. The van der Waals surface area contributed by atoms with Crippen molar-refractivity contribution < 1.29 is 43.0 Å². The molecule has 0 aliphatic carbocycles. The number of ether oxygens (including phenoxy) is 3. The number of hydrogen-bond donors (Lipinski definition) is 0. The van der Waals surface area contributed by atoms with Crippen LogP contribution in [-0.2, 0) is 43.0 Å². The van der Waals surface area contributed by atoms with Crippen LogP contribution in [-0.4, -0.2) is 72.4 Å². The third-order valence-corrected chi connectivity index (χ3v) is 4.37. The second-order valence-corrected chi connectivity index (χ2v) is 7.87. The van der Waals surface area contributed by atoms with Crippen LogP contribution in [0.5, 0.6) is 0 Å². The van der Waals surface area contributed by atoms with Gasteiger partial charge in [-0.05, 0) is 40.0 Å². The minimum absolute atomic E-state index is 0. The molecule has 0 radical (unpaired) electrons. The zero-order chi connectivity index (χ0) is 28.2.